The molecule has 0 amide bonds. The summed E-state index contributed by atoms with van der Waals surface area (Å²) in [5.74, 6) is 2.26. The maximum absolute atomic E-state index is 5.61. The van der Waals surface area contributed by atoms with Crippen LogP contribution in [0.5, 0.6) is 5.88 Å². The van der Waals surface area contributed by atoms with Gasteiger partial charge in [-0.3, -0.25) is 5.32 Å². The Kier molecular flexibility index (Phi) is 4.75. The molecule has 0 radical (unpaired) electrons. The first kappa shape index (κ1) is 15.9. The van der Waals surface area contributed by atoms with Gasteiger partial charge in [-0.1, -0.05) is 0 Å². The maximum Gasteiger partial charge on any atom is 0.233 e. The van der Waals surface area contributed by atoms with Crippen molar-refractivity contribution in [3.8, 4) is 5.88 Å². The fraction of sp³-hybridized carbons (Fsp3) is 0.467. The molecule has 0 bridgehead atoms. The highest BCUT2D eigenvalue weighted by Gasteiger charge is 2.09. The van der Waals surface area contributed by atoms with Gasteiger partial charge in [0.25, 0.3) is 0 Å². The fourth-order valence-corrected chi connectivity index (χ4v) is 1.94. The third-order valence-electron chi connectivity index (χ3n) is 2.78. The Labute approximate surface area is 130 Å². The minimum Gasteiger partial charge on any atom is -0.475 e. The molecule has 7 heteroatoms. The number of rotatable bonds is 5. The van der Waals surface area contributed by atoms with Gasteiger partial charge in [0.05, 0.1) is 6.10 Å². The lowest BCUT2D eigenvalue weighted by Crippen LogP contribution is -2.14. The molecule has 2 heterocycles. The van der Waals surface area contributed by atoms with Gasteiger partial charge in [-0.05, 0) is 27.7 Å². The van der Waals surface area contributed by atoms with Crippen molar-refractivity contribution in [1.82, 2.24) is 19.9 Å². The minimum atomic E-state index is 0.0538. The molecule has 2 aromatic heterocycles. The standard InChI is InChI=1S/C15H22N6O/c1-9(2)22-12-7-11(4)17-15(18-12)20-14-16-8-10(3)13(19-14)21(5)6/h7-9H,1-6H3,(H,16,17,18,19,20). The van der Waals surface area contributed by atoms with Gasteiger partial charge >= 0.3 is 0 Å². The molecule has 22 heavy (non-hydrogen) atoms. The molecular formula is C15H22N6O. The number of aromatic nitrogens is 4. The fourth-order valence-electron chi connectivity index (χ4n) is 1.94. The van der Waals surface area contributed by atoms with Crippen molar-refractivity contribution >= 4 is 17.7 Å². The van der Waals surface area contributed by atoms with E-state index < -0.39 is 0 Å². The van der Waals surface area contributed by atoms with E-state index >= 15 is 0 Å². The molecule has 0 atom stereocenters. The summed E-state index contributed by atoms with van der Waals surface area (Å²) in [4.78, 5) is 19.3. The Morgan fingerprint density at radius 1 is 1.09 bits per heavy atom. The molecule has 2 rings (SSSR count). The third-order valence-corrected chi connectivity index (χ3v) is 2.78. The van der Waals surface area contributed by atoms with E-state index in [1.807, 2.05) is 46.7 Å². The average Bonchev–Trinajstić information content (AvgIpc) is 2.39. The van der Waals surface area contributed by atoms with Crippen molar-refractivity contribution in [1.29, 1.82) is 0 Å². The molecule has 118 valence electrons. The van der Waals surface area contributed by atoms with Crippen LogP contribution in [-0.2, 0) is 0 Å². The first-order valence-electron chi connectivity index (χ1n) is 7.15. The largest absolute Gasteiger partial charge is 0.475 e. The highest BCUT2D eigenvalue weighted by Crippen LogP contribution is 2.19. The van der Waals surface area contributed by atoms with E-state index in [0.29, 0.717) is 17.8 Å². The third kappa shape index (κ3) is 4.03. The van der Waals surface area contributed by atoms with Crippen LogP contribution in [0.3, 0.4) is 0 Å². The van der Waals surface area contributed by atoms with E-state index in [2.05, 4.69) is 25.3 Å². The van der Waals surface area contributed by atoms with Gasteiger partial charge in [-0.25, -0.2) is 9.97 Å². The van der Waals surface area contributed by atoms with Crippen molar-refractivity contribution in [2.75, 3.05) is 24.3 Å². The number of hydrogen-bond donors (Lipinski definition) is 1. The summed E-state index contributed by atoms with van der Waals surface area (Å²) >= 11 is 0. The summed E-state index contributed by atoms with van der Waals surface area (Å²) in [6, 6.07) is 1.80. The Balaban J connectivity index is 2.27. The lowest BCUT2D eigenvalue weighted by molar-refractivity contribution is 0.232. The van der Waals surface area contributed by atoms with Crippen molar-refractivity contribution in [2.24, 2.45) is 0 Å². The summed E-state index contributed by atoms with van der Waals surface area (Å²) in [7, 11) is 3.88. The van der Waals surface area contributed by atoms with Gasteiger partial charge in [0.15, 0.2) is 0 Å². The Hall–Kier alpha value is -2.44. The van der Waals surface area contributed by atoms with Gasteiger partial charge < -0.3 is 9.64 Å². The van der Waals surface area contributed by atoms with Gasteiger partial charge in [-0.15, -0.1) is 0 Å². The van der Waals surface area contributed by atoms with Gasteiger partial charge in [0.1, 0.15) is 5.82 Å². The van der Waals surface area contributed by atoms with E-state index in [1.54, 1.807) is 12.3 Å². The molecular weight excluding hydrogens is 280 g/mol. The van der Waals surface area contributed by atoms with Crippen LogP contribution in [-0.4, -0.2) is 40.1 Å². The second-order valence-corrected chi connectivity index (χ2v) is 5.56. The monoisotopic (exact) mass is 302 g/mol. The van der Waals surface area contributed by atoms with Crippen LogP contribution in [0.2, 0.25) is 0 Å². The molecule has 0 spiro atoms. The van der Waals surface area contributed by atoms with Crippen LogP contribution in [0.4, 0.5) is 17.7 Å². The van der Waals surface area contributed by atoms with Crippen LogP contribution >= 0.6 is 0 Å². The zero-order chi connectivity index (χ0) is 16.3. The molecule has 7 nitrogen and oxygen atoms in total. The van der Waals surface area contributed by atoms with Crippen LogP contribution in [0.1, 0.15) is 25.1 Å². The zero-order valence-corrected chi connectivity index (χ0v) is 13.9. The van der Waals surface area contributed by atoms with Crippen LogP contribution in [0, 0.1) is 13.8 Å². The van der Waals surface area contributed by atoms with Crippen LogP contribution < -0.4 is 15.0 Å². The van der Waals surface area contributed by atoms with Gasteiger partial charge in [-0.2, -0.15) is 9.97 Å². The number of nitrogens with zero attached hydrogens (tertiary/aromatic N) is 5. The Morgan fingerprint density at radius 2 is 1.82 bits per heavy atom. The van der Waals surface area contributed by atoms with Crippen molar-refractivity contribution in [2.45, 2.75) is 33.8 Å². The highest BCUT2D eigenvalue weighted by atomic mass is 16.5. The second kappa shape index (κ2) is 6.55. The highest BCUT2D eigenvalue weighted by molar-refractivity contribution is 5.51. The van der Waals surface area contributed by atoms with Gasteiger partial charge in [0.2, 0.25) is 17.8 Å². The van der Waals surface area contributed by atoms with E-state index in [9.17, 15) is 0 Å². The number of aryl methyl sites for hydroxylation is 2. The molecule has 0 unspecified atom stereocenters. The summed E-state index contributed by atoms with van der Waals surface area (Å²) < 4.78 is 5.61. The average molecular weight is 302 g/mol. The summed E-state index contributed by atoms with van der Waals surface area (Å²) in [6.45, 7) is 7.77. The maximum atomic E-state index is 5.61. The number of anilines is 3. The lowest BCUT2D eigenvalue weighted by atomic mass is 10.3. The number of hydrogen-bond acceptors (Lipinski definition) is 7. The second-order valence-electron chi connectivity index (χ2n) is 5.56. The molecule has 0 aliphatic heterocycles. The first-order chi connectivity index (χ1) is 10.3. The quantitative estimate of drug-likeness (QED) is 0.909. The van der Waals surface area contributed by atoms with Crippen molar-refractivity contribution in [3.63, 3.8) is 0 Å². The molecule has 1 N–H and O–H groups in total. The normalized spacial score (nSPS) is 10.7. The summed E-state index contributed by atoms with van der Waals surface area (Å²) in [6.07, 6.45) is 1.82. The van der Waals surface area contributed by atoms with Crippen molar-refractivity contribution in [3.05, 3.63) is 23.5 Å². The van der Waals surface area contributed by atoms with Gasteiger partial charge in [0, 0.05) is 37.6 Å². The first-order valence-corrected chi connectivity index (χ1v) is 7.15. The topological polar surface area (TPSA) is 76.1 Å². The van der Waals surface area contributed by atoms with E-state index in [-0.39, 0.29) is 6.10 Å². The van der Waals surface area contributed by atoms with E-state index in [4.69, 9.17) is 4.74 Å². The molecule has 0 aromatic carbocycles. The summed E-state index contributed by atoms with van der Waals surface area (Å²) in [5.41, 5.74) is 1.82. The molecule has 0 aliphatic rings. The zero-order valence-electron chi connectivity index (χ0n) is 13.9. The molecule has 0 saturated carbocycles. The van der Waals surface area contributed by atoms with E-state index in [0.717, 1.165) is 17.1 Å². The van der Waals surface area contributed by atoms with Crippen LogP contribution in [0.15, 0.2) is 12.3 Å². The number of nitrogens with one attached hydrogen (secondary N) is 1. The molecule has 0 saturated heterocycles. The Morgan fingerprint density at radius 3 is 2.45 bits per heavy atom. The SMILES string of the molecule is Cc1cc(OC(C)C)nc(Nc2ncc(C)c(N(C)C)n2)n1. The Bertz CT molecular complexity index is 656. The lowest BCUT2D eigenvalue weighted by Gasteiger charge is -2.15. The smallest absolute Gasteiger partial charge is 0.233 e. The predicted octanol–water partition coefficient (Wildman–Crippen LogP) is 2.48. The predicted molar refractivity (Wildman–Crippen MR) is 86.9 cm³/mol. The van der Waals surface area contributed by atoms with Crippen molar-refractivity contribution < 1.29 is 4.74 Å². The molecule has 0 aliphatic carbocycles. The molecule has 2 aromatic rings. The minimum absolute atomic E-state index is 0.0538. The number of ether oxygens (including phenoxy) is 1. The van der Waals surface area contributed by atoms with E-state index in [1.165, 1.54) is 0 Å². The molecule has 0 fully saturated rings. The van der Waals surface area contributed by atoms with Crippen LogP contribution in [0.25, 0.3) is 0 Å². The summed E-state index contributed by atoms with van der Waals surface area (Å²) in [5, 5.41) is 3.03.